The first-order valence-electron chi connectivity index (χ1n) is 9.96. The predicted octanol–water partition coefficient (Wildman–Crippen LogP) is 5.64. The molecule has 1 atom stereocenters. The number of aliphatic hydroxyl groups excluding tert-OH is 1. The lowest BCUT2D eigenvalue weighted by Crippen LogP contribution is -2.22. The first-order valence-corrected chi connectivity index (χ1v) is 9.96. The van der Waals surface area contributed by atoms with Crippen LogP contribution in [-0.4, -0.2) is 37.3 Å². The Hall–Kier alpha value is -0.0800. The topological polar surface area (TPSA) is 23.5 Å². The van der Waals surface area contributed by atoms with Gasteiger partial charge in [0.15, 0.2) is 0 Å². The van der Waals surface area contributed by atoms with Crippen LogP contribution in [0.15, 0.2) is 0 Å². The summed E-state index contributed by atoms with van der Waals surface area (Å²) in [5.74, 6) is 0.683. The van der Waals surface area contributed by atoms with Gasteiger partial charge in [-0.25, -0.2) is 0 Å². The summed E-state index contributed by atoms with van der Waals surface area (Å²) in [5.41, 5.74) is 0. The third-order valence-corrected chi connectivity index (χ3v) is 4.63. The normalized spacial score (nSPS) is 13.0. The Labute approximate surface area is 140 Å². The minimum atomic E-state index is 0.344. The zero-order valence-electron chi connectivity index (χ0n) is 15.8. The standard InChI is InChI=1S/C20H43NO/c1-4-5-6-7-8-9-10-11-12-13-14-15-16-20(17-18-22)19-21(2)3/h20,22H,4-19H2,1-3H3. The van der Waals surface area contributed by atoms with E-state index in [4.69, 9.17) is 5.11 Å². The quantitative estimate of drug-likeness (QED) is 0.351. The monoisotopic (exact) mass is 313 g/mol. The molecule has 0 heterocycles. The Morgan fingerprint density at radius 2 is 1.14 bits per heavy atom. The van der Waals surface area contributed by atoms with Crippen molar-refractivity contribution in [3.8, 4) is 0 Å². The van der Waals surface area contributed by atoms with Crippen LogP contribution in [0.3, 0.4) is 0 Å². The van der Waals surface area contributed by atoms with Gasteiger partial charge in [-0.1, -0.05) is 84.0 Å². The predicted molar refractivity (Wildman–Crippen MR) is 99.4 cm³/mol. The van der Waals surface area contributed by atoms with Crippen LogP contribution in [0.5, 0.6) is 0 Å². The summed E-state index contributed by atoms with van der Waals surface area (Å²) in [4.78, 5) is 2.25. The van der Waals surface area contributed by atoms with Crippen molar-refractivity contribution in [2.45, 2.75) is 96.8 Å². The van der Waals surface area contributed by atoms with Crippen molar-refractivity contribution in [2.75, 3.05) is 27.2 Å². The molecular weight excluding hydrogens is 270 g/mol. The third-order valence-electron chi connectivity index (χ3n) is 4.63. The van der Waals surface area contributed by atoms with Crippen molar-refractivity contribution in [1.29, 1.82) is 0 Å². The summed E-state index contributed by atoms with van der Waals surface area (Å²) in [6.07, 6.45) is 19.3. The van der Waals surface area contributed by atoms with E-state index in [1.165, 1.54) is 83.5 Å². The molecule has 0 rings (SSSR count). The van der Waals surface area contributed by atoms with Crippen molar-refractivity contribution in [2.24, 2.45) is 5.92 Å². The summed E-state index contributed by atoms with van der Waals surface area (Å²) in [6, 6.07) is 0. The molecule has 22 heavy (non-hydrogen) atoms. The second kappa shape index (κ2) is 17.3. The average Bonchev–Trinajstić information content (AvgIpc) is 2.48. The van der Waals surface area contributed by atoms with E-state index in [1.54, 1.807) is 0 Å². The maximum absolute atomic E-state index is 9.12. The maximum Gasteiger partial charge on any atom is 0.0434 e. The minimum Gasteiger partial charge on any atom is -0.396 e. The zero-order chi connectivity index (χ0) is 16.5. The van der Waals surface area contributed by atoms with E-state index >= 15 is 0 Å². The van der Waals surface area contributed by atoms with Gasteiger partial charge >= 0.3 is 0 Å². The van der Waals surface area contributed by atoms with E-state index in [0.29, 0.717) is 12.5 Å². The van der Waals surface area contributed by atoms with Crippen LogP contribution < -0.4 is 0 Å². The number of hydrogen-bond acceptors (Lipinski definition) is 2. The maximum atomic E-state index is 9.12. The molecule has 2 nitrogen and oxygen atoms in total. The molecule has 1 N–H and O–H groups in total. The van der Waals surface area contributed by atoms with Crippen LogP contribution in [0.1, 0.15) is 96.8 Å². The molecule has 0 aliphatic heterocycles. The van der Waals surface area contributed by atoms with Gasteiger partial charge in [-0.3, -0.25) is 0 Å². The largest absolute Gasteiger partial charge is 0.396 e. The number of hydrogen-bond donors (Lipinski definition) is 1. The van der Waals surface area contributed by atoms with E-state index in [9.17, 15) is 0 Å². The molecule has 0 saturated carbocycles. The summed E-state index contributed by atoms with van der Waals surface area (Å²) in [6.45, 7) is 3.75. The number of unbranched alkanes of at least 4 members (excludes halogenated alkanes) is 11. The highest BCUT2D eigenvalue weighted by Crippen LogP contribution is 2.16. The number of aliphatic hydroxyl groups is 1. The minimum absolute atomic E-state index is 0.344. The van der Waals surface area contributed by atoms with Gasteiger partial charge in [-0.2, -0.15) is 0 Å². The molecule has 0 aromatic carbocycles. The van der Waals surface area contributed by atoms with Crippen LogP contribution >= 0.6 is 0 Å². The molecule has 0 spiro atoms. The molecular formula is C20H43NO. The fourth-order valence-corrected chi connectivity index (χ4v) is 3.30. The summed E-state index contributed by atoms with van der Waals surface area (Å²) in [5, 5.41) is 9.12. The van der Waals surface area contributed by atoms with Gasteiger partial charge < -0.3 is 10.0 Å². The third kappa shape index (κ3) is 16.3. The van der Waals surface area contributed by atoms with Crippen LogP contribution in [-0.2, 0) is 0 Å². The van der Waals surface area contributed by atoms with Gasteiger partial charge in [0, 0.05) is 13.2 Å². The van der Waals surface area contributed by atoms with Crippen molar-refractivity contribution in [3.63, 3.8) is 0 Å². The number of rotatable bonds is 17. The zero-order valence-corrected chi connectivity index (χ0v) is 15.8. The lowest BCUT2D eigenvalue weighted by Gasteiger charge is -2.20. The van der Waals surface area contributed by atoms with Gasteiger partial charge in [-0.05, 0) is 32.9 Å². The Balaban J connectivity index is 3.27. The van der Waals surface area contributed by atoms with Crippen molar-refractivity contribution < 1.29 is 5.11 Å². The highest BCUT2D eigenvalue weighted by Gasteiger charge is 2.08. The smallest absolute Gasteiger partial charge is 0.0434 e. The van der Waals surface area contributed by atoms with Crippen LogP contribution in [0.25, 0.3) is 0 Å². The first kappa shape index (κ1) is 21.9. The van der Waals surface area contributed by atoms with Crippen LogP contribution in [0.4, 0.5) is 0 Å². The molecule has 0 aliphatic carbocycles. The molecule has 0 fully saturated rings. The second-order valence-electron chi connectivity index (χ2n) is 7.32. The lowest BCUT2D eigenvalue weighted by atomic mass is 9.97. The molecule has 1 unspecified atom stereocenters. The highest BCUT2D eigenvalue weighted by atomic mass is 16.3. The molecule has 0 aromatic heterocycles. The Morgan fingerprint density at radius 1 is 0.682 bits per heavy atom. The van der Waals surface area contributed by atoms with E-state index in [0.717, 1.165) is 13.0 Å². The summed E-state index contributed by atoms with van der Waals surface area (Å²) >= 11 is 0. The first-order chi connectivity index (χ1) is 10.7. The molecule has 0 aliphatic rings. The van der Waals surface area contributed by atoms with E-state index in [2.05, 4.69) is 25.9 Å². The van der Waals surface area contributed by atoms with Crippen LogP contribution in [0, 0.1) is 5.92 Å². The highest BCUT2D eigenvalue weighted by molar-refractivity contribution is 4.62. The Bertz CT molecular complexity index is 206. The molecule has 0 bridgehead atoms. The fraction of sp³-hybridized carbons (Fsp3) is 1.00. The van der Waals surface area contributed by atoms with E-state index < -0.39 is 0 Å². The van der Waals surface area contributed by atoms with Gasteiger partial charge in [-0.15, -0.1) is 0 Å². The molecule has 0 saturated heterocycles. The SMILES string of the molecule is CCCCCCCCCCCCCCC(CCO)CN(C)C. The summed E-state index contributed by atoms with van der Waals surface area (Å²) in [7, 11) is 4.26. The number of nitrogens with zero attached hydrogens (tertiary/aromatic N) is 1. The van der Waals surface area contributed by atoms with E-state index in [-0.39, 0.29) is 0 Å². The van der Waals surface area contributed by atoms with Crippen molar-refractivity contribution in [1.82, 2.24) is 4.90 Å². The molecule has 0 aromatic rings. The van der Waals surface area contributed by atoms with Gasteiger partial charge in [0.1, 0.15) is 0 Å². The Morgan fingerprint density at radius 3 is 1.55 bits per heavy atom. The van der Waals surface area contributed by atoms with Gasteiger partial charge in [0.05, 0.1) is 0 Å². The van der Waals surface area contributed by atoms with E-state index in [1.807, 2.05) is 0 Å². The van der Waals surface area contributed by atoms with Gasteiger partial charge in [0.2, 0.25) is 0 Å². The fourth-order valence-electron chi connectivity index (χ4n) is 3.30. The summed E-state index contributed by atoms with van der Waals surface area (Å²) < 4.78 is 0. The molecule has 2 heteroatoms. The lowest BCUT2D eigenvalue weighted by molar-refractivity contribution is 0.220. The van der Waals surface area contributed by atoms with Crippen molar-refractivity contribution >= 4 is 0 Å². The molecule has 0 radical (unpaired) electrons. The average molecular weight is 314 g/mol. The van der Waals surface area contributed by atoms with Crippen LogP contribution in [0.2, 0.25) is 0 Å². The second-order valence-corrected chi connectivity index (χ2v) is 7.32. The van der Waals surface area contributed by atoms with Gasteiger partial charge in [0.25, 0.3) is 0 Å². The van der Waals surface area contributed by atoms with Crippen molar-refractivity contribution in [3.05, 3.63) is 0 Å². The Kier molecular flexibility index (Phi) is 17.2. The molecule has 0 amide bonds. The molecule has 134 valence electrons.